The zero-order valence-corrected chi connectivity index (χ0v) is 11.7. The molecule has 0 bridgehead atoms. The van der Waals surface area contributed by atoms with Gasteiger partial charge in [0.1, 0.15) is 0 Å². The minimum atomic E-state index is 0.507. The second-order valence-electron chi connectivity index (χ2n) is 5.53. The molecule has 1 aliphatic heterocycles. The van der Waals surface area contributed by atoms with Crippen LogP contribution in [0.2, 0.25) is 0 Å². The van der Waals surface area contributed by atoms with Gasteiger partial charge in [0.2, 0.25) is 0 Å². The normalized spacial score (nSPS) is 19.6. The molecular formula is C16H21N3. The van der Waals surface area contributed by atoms with E-state index in [2.05, 4.69) is 53.3 Å². The smallest absolute Gasteiger partial charge is 0.0644 e. The number of nitrogens with zero attached hydrogens (tertiary/aromatic N) is 2. The van der Waals surface area contributed by atoms with E-state index in [0.29, 0.717) is 6.04 Å². The van der Waals surface area contributed by atoms with E-state index in [1.165, 1.54) is 35.1 Å². The van der Waals surface area contributed by atoms with E-state index in [-0.39, 0.29) is 0 Å². The van der Waals surface area contributed by atoms with E-state index in [9.17, 15) is 0 Å². The molecule has 0 saturated carbocycles. The van der Waals surface area contributed by atoms with Gasteiger partial charge in [-0.2, -0.15) is 5.10 Å². The number of piperidine rings is 1. The standard InChI is InChI=1S/C16H21N3/c1-12-5-6-13(2)16(8-12)14-9-18-19(11-14)15-4-3-7-17-10-15/h5-6,8-9,11,15,17H,3-4,7,10H2,1-2H3. The van der Waals surface area contributed by atoms with Crippen LogP contribution >= 0.6 is 0 Å². The molecule has 1 atom stereocenters. The third kappa shape index (κ3) is 2.56. The molecule has 3 heteroatoms. The summed E-state index contributed by atoms with van der Waals surface area (Å²) in [4.78, 5) is 0. The molecule has 1 N–H and O–H groups in total. The zero-order chi connectivity index (χ0) is 13.2. The fourth-order valence-electron chi connectivity index (χ4n) is 2.78. The molecule has 1 saturated heterocycles. The number of rotatable bonds is 2. The summed E-state index contributed by atoms with van der Waals surface area (Å²) in [7, 11) is 0. The highest BCUT2D eigenvalue weighted by Gasteiger charge is 2.16. The fraction of sp³-hybridized carbons (Fsp3) is 0.438. The van der Waals surface area contributed by atoms with E-state index < -0.39 is 0 Å². The quantitative estimate of drug-likeness (QED) is 0.893. The molecule has 19 heavy (non-hydrogen) atoms. The van der Waals surface area contributed by atoms with Crippen LogP contribution < -0.4 is 5.32 Å². The number of hydrogen-bond donors (Lipinski definition) is 1. The van der Waals surface area contributed by atoms with Crippen LogP contribution in [0.4, 0.5) is 0 Å². The lowest BCUT2D eigenvalue weighted by Crippen LogP contribution is -2.31. The maximum absolute atomic E-state index is 4.56. The molecule has 1 aliphatic rings. The van der Waals surface area contributed by atoms with Crippen molar-refractivity contribution in [2.24, 2.45) is 0 Å². The summed E-state index contributed by atoms with van der Waals surface area (Å²) in [6, 6.07) is 7.10. The summed E-state index contributed by atoms with van der Waals surface area (Å²) >= 11 is 0. The minimum Gasteiger partial charge on any atom is -0.315 e. The Kier molecular flexibility index (Phi) is 3.38. The molecule has 0 radical (unpaired) electrons. The van der Waals surface area contributed by atoms with E-state index in [4.69, 9.17) is 0 Å². The molecule has 3 rings (SSSR count). The van der Waals surface area contributed by atoms with E-state index >= 15 is 0 Å². The molecular weight excluding hydrogens is 234 g/mol. The highest BCUT2D eigenvalue weighted by atomic mass is 15.3. The molecule has 1 fully saturated rings. The zero-order valence-electron chi connectivity index (χ0n) is 11.7. The lowest BCUT2D eigenvalue weighted by atomic mass is 10.0. The molecule has 100 valence electrons. The number of nitrogens with one attached hydrogen (secondary N) is 1. The summed E-state index contributed by atoms with van der Waals surface area (Å²) in [6.07, 6.45) is 6.65. The Morgan fingerprint density at radius 1 is 1.32 bits per heavy atom. The van der Waals surface area contributed by atoms with Crippen molar-refractivity contribution in [1.29, 1.82) is 0 Å². The van der Waals surface area contributed by atoms with Crippen LogP contribution in [0.1, 0.15) is 30.0 Å². The van der Waals surface area contributed by atoms with Crippen molar-refractivity contribution < 1.29 is 0 Å². The van der Waals surface area contributed by atoms with Crippen molar-refractivity contribution in [2.75, 3.05) is 13.1 Å². The third-order valence-electron chi connectivity index (χ3n) is 3.95. The Morgan fingerprint density at radius 3 is 3.00 bits per heavy atom. The summed E-state index contributed by atoms with van der Waals surface area (Å²) in [6.45, 7) is 6.47. The van der Waals surface area contributed by atoms with Gasteiger partial charge >= 0.3 is 0 Å². The largest absolute Gasteiger partial charge is 0.315 e. The summed E-state index contributed by atoms with van der Waals surface area (Å²) in [5.74, 6) is 0. The first-order chi connectivity index (χ1) is 9.24. The van der Waals surface area contributed by atoms with Crippen LogP contribution in [0, 0.1) is 13.8 Å². The third-order valence-corrected chi connectivity index (χ3v) is 3.95. The molecule has 2 aromatic rings. The second kappa shape index (κ2) is 5.17. The van der Waals surface area contributed by atoms with Crippen LogP contribution in [0.15, 0.2) is 30.6 Å². The van der Waals surface area contributed by atoms with Gasteiger partial charge in [-0.25, -0.2) is 0 Å². The van der Waals surface area contributed by atoms with Crippen LogP contribution in [0.3, 0.4) is 0 Å². The van der Waals surface area contributed by atoms with Gasteiger partial charge in [-0.1, -0.05) is 23.8 Å². The monoisotopic (exact) mass is 255 g/mol. The van der Waals surface area contributed by atoms with Gasteiger partial charge in [0, 0.05) is 18.3 Å². The highest BCUT2D eigenvalue weighted by Crippen LogP contribution is 2.26. The van der Waals surface area contributed by atoms with Gasteiger partial charge in [-0.05, 0) is 44.4 Å². The Hall–Kier alpha value is -1.61. The average Bonchev–Trinajstić information content (AvgIpc) is 2.92. The Balaban J connectivity index is 1.89. The first-order valence-corrected chi connectivity index (χ1v) is 7.06. The molecule has 1 aromatic carbocycles. The Bertz CT molecular complexity index is 565. The maximum atomic E-state index is 4.56. The van der Waals surface area contributed by atoms with Crippen molar-refractivity contribution in [3.05, 3.63) is 41.7 Å². The number of benzene rings is 1. The van der Waals surface area contributed by atoms with Crippen LogP contribution in [-0.2, 0) is 0 Å². The molecule has 1 unspecified atom stereocenters. The minimum absolute atomic E-state index is 0.507. The van der Waals surface area contributed by atoms with Crippen molar-refractivity contribution in [3.63, 3.8) is 0 Å². The summed E-state index contributed by atoms with van der Waals surface area (Å²) in [5.41, 5.74) is 5.14. The van der Waals surface area contributed by atoms with Gasteiger partial charge in [-0.3, -0.25) is 4.68 Å². The average molecular weight is 255 g/mol. The van der Waals surface area contributed by atoms with Gasteiger partial charge < -0.3 is 5.32 Å². The van der Waals surface area contributed by atoms with Gasteiger partial charge in [-0.15, -0.1) is 0 Å². The van der Waals surface area contributed by atoms with E-state index in [0.717, 1.165) is 13.1 Å². The van der Waals surface area contributed by atoms with E-state index in [1.807, 2.05) is 6.20 Å². The first-order valence-electron chi connectivity index (χ1n) is 7.06. The van der Waals surface area contributed by atoms with Gasteiger partial charge in [0.15, 0.2) is 0 Å². The molecule has 0 amide bonds. The molecule has 3 nitrogen and oxygen atoms in total. The van der Waals surface area contributed by atoms with Crippen molar-refractivity contribution >= 4 is 0 Å². The predicted molar refractivity (Wildman–Crippen MR) is 78.3 cm³/mol. The van der Waals surface area contributed by atoms with Crippen molar-refractivity contribution in [2.45, 2.75) is 32.7 Å². The number of hydrogen-bond acceptors (Lipinski definition) is 2. The van der Waals surface area contributed by atoms with Crippen molar-refractivity contribution in [1.82, 2.24) is 15.1 Å². The predicted octanol–water partition coefficient (Wildman–Crippen LogP) is 3.09. The van der Waals surface area contributed by atoms with Gasteiger partial charge in [0.25, 0.3) is 0 Å². The number of aryl methyl sites for hydroxylation is 2. The molecule has 0 aliphatic carbocycles. The van der Waals surface area contributed by atoms with Crippen LogP contribution in [0.5, 0.6) is 0 Å². The lowest BCUT2D eigenvalue weighted by Gasteiger charge is -2.22. The van der Waals surface area contributed by atoms with Crippen molar-refractivity contribution in [3.8, 4) is 11.1 Å². The lowest BCUT2D eigenvalue weighted by molar-refractivity contribution is 0.347. The summed E-state index contributed by atoms with van der Waals surface area (Å²) < 4.78 is 2.13. The van der Waals surface area contributed by atoms with Crippen LogP contribution in [0.25, 0.3) is 11.1 Å². The second-order valence-corrected chi connectivity index (χ2v) is 5.53. The van der Waals surface area contributed by atoms with E-state index in [1.54, 1.807) is 0 Å². The molecule has 0 spiro atoms. The van der Waals surface area contributed by atoms with Crippen LogP contribution in [-0.4, -0.2) is 22.9 Å². The Morgan fingerprint density at radius 2 is 2.21 bits per heavy atom. The molecule has 2 heterocycles. The highest BCUT2D eigenvalue weighted by molar-refractivity contribution is 5.66. The SMILES string of the molecule is Cc1ccc(C)c(-c2cnn(C3CCCNC3)c2)c1. The topological polar surface area (TPSA) is 29.9 Å². The summed E-state index contributed by atoms with van der Waals surface area (Å²) in [5, 5.41) is 8.01. The Labute approximate surface area is 114 Å². The maximum Gasteiger partial charge on any atom is 0.0644 e. The first kappa shape index (κ1) is 12.4. The molecule has 1 aromatic heterocycles. The van der Waals surface area contributed by atoms with Gasteiger partial charge in [0.05, 0.1) is 12.2 Å². The fourth-order valence-corrected chi connectivity index (χ4v) is 2.78. The number of aromatic nitrogens is 2.